The molecule has 0 spiro atoms. The van der Waals surface area contributed by atoms with Crippen molar-refractivity contribution in [1.82, 2.24) is 0 Å². The lowest BCUT2D eigenvalue weighted by atomic mass is 9.96. The van der Waals surface area contributed by atoms with Gasteiger partial charge in [0.1, 0.15) is 0 Å². The molecule has 0 atom stereocenters. The minimum atomic E-state index is -2.90. The van der Waals surface area contributed by atoms with Crippen LogP contribution in [0, 0.1) is 0 Å². The number of carbonyl (C=O) groups excluding carboxylic acids is 4. The summed E-state index contributed by atoms with van der Waals surface area (Å²) < 4.78 is 8.13. The van der Waals surface area contributed by atoms with Gasteiger partial charge in [0.25, 0.3) is 0 Å². The van der Waals surface area contributed by atoms with Crippen molar-refractivity contribution >= 4 is 76.0 Å². The zero-order valence-corrected chi connectivity index (χ0v) is 10.7. The normalized spacial score (nSPS) is 9.70. The van der Waals surface area contributed by atoms with Crippen LogP contribution in [0.15, 0.2) is 0 Å². The zero-order chi connectivity index (χ0) is 16.6. The third kappa shape index (κ3) is 10.5. The Labute approximate surface area is 162 Å². The van der Waals surface area contributed by atoms with E-state index in [9.17, 15) is 29.1 Å². The minimum Gasteiger partial charge on any atom is -0.479 e. The molecule has 0 aliphatic rings. The highest BCUT2D eigenvalue weighted by molar-refractivity contribution is 5.94. The maximum atomic E-state index is 11.2. The standard InChI is InChI=1S/C10H14N2O9.2Mg.4H/c11-3-7(15)20-5(13)1-10(19,9(17)18)2-6(14)21-8(16)4-12;;;;;;/h19H,1-4,11-12H2,(H,17,18);;;;;;. The molecule has 23 heavy (non-hydrogen) atoms. The van der Waals surface area contributed by atoms with Gasteiger partial charge in [0, 0.05) is 0 Å². The molecule has 0 bridgehead atoms. The first-order chi connectivity index (χ1) is 9.64. The molecule has 0 saturated carbocycles. The highest BCUT2D eigenvalue weighted by Crippen LogP contribution is 2.18. The highest BCUT2D eigenvalue weighted by Gasteiger charge is 2.42. The average Bonchev–Trinajstić information content (AvgIpc) is 2.37. The second-order valence-corrected chi connectivity index (χ2v) is 3.79. The number of nitrogens with two attached hydrogens (primary N) is 2. The zero-order valence-electron chi connectivity index (χ0n) is 10.7. The van der Waals surface area contributed by atoms with Gasteiger partial charge in [0.2, 0.25) is 0 Å². The van der Waals surface area contributed by atoms with E-state index in [2.05, 4.69) is 9.47 Å². The molecular weight excluding hydrogens is 341 g/mol. The van der Waals surface area contributed by atoms with Gasteiger partial charge in [0.15, 0.2) is 5.60 Å². The van der Waals surface area contributed by atoms with Crippen LogP contribution in [0.25, 0.3) is 0 Å². The monoisotopic (exact) mass is 358 g/mol. The number of hydrogen-bond donors (Lipinski definition) is 4. The van der Waals surface area contributed by atoms with Crippen molar-refractivity contribution in [2.45, 2.75) is 18.4 Å². The summed E-state index contributed by atoms with van der Waals surface area (Å²) in [6.07, 6.45) is -2.44. The number of carboxylic acids is 1. The van der Waals surface area contributed by atoms with E-state index in [1.165, 1.54) is 0 Å². The van der Waals surface area contributed by atoms with E-state index >= 15 is 0 Å². The fraction of sp³-hybridized carbons (Fsp3) is 0.500. The van der Waals surface area contributed by atoms with E-state index < -0.39 is 61.4 Å². The van der Waals surface area contributed by atoms with Crippen LogP contribution in [0.1, 0.15) is 12.8 Å². The van der Waals surface area contributed by atoms with E-state index in [1.54, 1.807) is 0 Å². The summed E-state index contributed by atoms with van der Waals surface area (Å²) in [6, 6.07) is 0. The summed E-state index contributed by atoms with van der Waals surface area (Å²) >= 11 is 0. The SMILES string of the molecule is NCC(=O)OC(=O)CC(O)(CC(=O)OC(=O)CN)C(=O)O.[MgH2].[MgH2]. The fourth-order valence-corrected chi connectivity index (χ4v) is 1.10. The predicted octanol–water partition coefficient (Wildman–Crippen LogP) is -5.19. The molecule has 13 heteroatoms. The molecule has 0 aromatic rings. The molecular formula is C10H18Mg2N2O9. The third-order valence-electron chi connectivity index (χ3n) is 2.06. The Morgan fingerprint density at radius 3 is 1.30 bits per heavy atom. The van der Waals surface area contributed by atoms with E-state index in [0.717, 1.165) is 0 Å². The average molecular weight is 359 g/mol. The largest absolute Gasteiger partial charge is 0.479 e. The van der Waals surface area contributed by atoms with Gasteiger partial charge in [-0.2, -0.15) is 0 Å². The fourth-order valence-electron chi connectivity index (χ4n) is 1.10. The van der Waals surface area contributed by atoms with Crippen molar-refractivity contribution in [3.8, 4) is 0 Å². The number of rotatable bonds is 7. The van der Waals surface area contributed by atoms with E-state index in [1.807, 2.05) is 0 Å². The second-order valence-electron chi connectivity index (χ2n) is 3.79. The van der Waals surface area contributed by atoms with Crippen LogP contribution >= 0.6 is 0 Å². The van der Waals surface area contributed by atoms with E-state index in [4.69, 9.17) is 16.6 Å². The van der Waals surface area contributed by atoms with Crippen LogP contribution in [0.3, 0.4) is 0 Å². The summed E-state index contributed by atoms with van der Waals surface area (Å²) in [5.74, 6) is -7.05. The summed E-state index contributed by atoms with van der Waals surface area (Å²) in [6.45, 7) is -1.27. The molecule has 0 aromatic carbocycles. The molecule has 6 N–H and O–H groups in total. The van der Waals surface area contributed by atoms with Gasteiger partial charge in [-0.1, -0.05) is 0 Å². The Kier molecular flexibility index (Phi) is 14.8. The summed E-state index contributed by atoms with van der Waals surface area (Å²) in [4.78, 5) is 54.9. The lowest BCUT2D eigenvalue weighted by molar-refractivity contribution is -0.176. The van der Waals surface area contributed by atoms with Gasteiger partial charge in [0.05, 0.1) is 25.9 Å². The molecule has 0 radical (unpaired) electrons. The molecule has 0 aromatic heterocycles. The first kappa shape index (κ1) is 27.0. The van der Waals surface area contributed by atoms with Gasteiger partial charge in [-0.15, -0.1) is 0 Å². The van der Waals surface area contributed by atoms with Crippen molar-refractivity contribution in [3.05, 3.63) is 0 Å². The van der Waals surface area contributed by atoms with Gasteiger partial charge < -0.3 is 31.2 Å². The van der Waals surface area contributed by atoms with Gasteiger partial charge in [-0.3, -0.25) is 19.2 Å². The maximum absolute atomic E-state index is 11.2. The van der Waals surface area contributed by atoms with E-state index in [-0.39, 0.29) is 46.1 Å². The maximum Gasteiger partial charge on any atom is 0.336 e. The molecule has 0 rings (SSSR count). The summed E-state index contributed by atoms with van der Waals surface area (Å²) in [7, 11) is 0. The Hall–Kier alpha value is -0.838. The van der Waals surface area contributed by atoms with Gasteiger partial charge in [-0.25, -0.2) is 4.79 Å². The summed E-state index contributed by atoms with van der Waals surface area (Å²) in [5, 5.41) is 18.5. The van der Waals surface area contributed by atoms with Crippen LogP contribution in [0.2, 0.25) is 0 Å². The van der Waals surface area contributed by atoms with Crippen LogP contribution in [-0.2, 0) is 33.4 Å². The minimum absolute atomic E-state index is 0. The van der Waals surface area contributed by atoms with Crippen molar-refractivity contribution in [2.75, 3.05) is 13.1 Å². The van der Waals surface area contributed by atoms with Crippen LogP contribution < -0.4 is 11.5 Å². The number of esters is 4. The van der Waals surface area contributed by atoms with Crippen LogP contribution in [0.4, 0.5) is 0 Å². The first-order valence-corrected chi connectivity index (χ1v) is 5.47. The Balaban J connectivity index is -0.00000200. The number of hydrogen-bond acceptors (Lipinski definition) is 10. The van der Waals surface area contributed by atoms with Crippen LogP contribution in [-0.4, -0.2) is 105 Å². The van der Waals surface area contributed by atoms with Crippen LogP contribution in [0.5, 0.6) is 0 Å². The lowest BCUT2D eigenvalue weighted by Crippen LogP contribution is -2.44. The number of carboxylic acid groups (broad SMARTS) is 1. The Bertz CT molecular complexity index is 437. The number of ether oxygens (including phenoxy) is 2. The second kappa shape index (κ2) is 12.6. The predicted molar refractivity (Wildman–Crippen MR) is 79.2 cm³/mol. The van der Waals surface area contributed by atoms with Crippen molar-refractivity contribution in [1.29, 1.82) is 0 Å². The van der Waals surface area contributed by atoms with Crippen molar-refractivity contribution < 1.29 is 43.7 Å². The number of carbonyl (C=O) groups is 5. The smallest absolute Gasteiger partial charge is 0.336 e. The molecule has 0 fully saturated rings. The molecule has 0 heterocycles. The highest BCUT2D eigenvalue weighted by atomic mass is 24.3. The van der Waals surface area contributed by atoms with Gasteiger partial charge in [-0.05, 0) is 0 Å². The molecule has 0 aliphatic heterocycles. The topological polar surface area (TPSA) is 196 Å². The quantitative estimate of drug-likeness (QED) is 0.193. The molecule has 0 saturated heterocycles. The van der Waals surface area contributed by atoms with Gasteiger partial charge >= 0.3 is 76.0 Å². The molecule has 11 nitrogen and oxygen atoms in total. The number of aliphatic carboxylic acids is 1. The molecule has 0 amide bonds. The number of aliphatic hydroxyl groups is 1. The van der Waals surface area contributed by atoms with Crippen molar-refractivity contribution in [3.63, 3.8) is 0 Å². The first-order valence-electron chi connectivity index (χ1n) is 5.47. The molecule has 0 aliphatic carbocycles. The Morgan fingerprint density at radius 2 is 1.09 bits per heavy atom. The van der Waals surface area contributed by atoms with Crippen molar-refractivity contribution in [2.24, 2.45) is 11.5 Å². The third-order valence-corrected chi connectivity index (χ3v) is 2.06. The lowest BCUT2D eigenvalue weighted by Gasteiger charge is -2.20. The molecule has 0 unspecified atom stereocenters. The van der Waals surface area contributed by atoms with E-state index in [0.29, 0.717) is 0 Å². The summed E-state index contributed by atoms with van der Waals surface area (Å²) in [5.41, 5.74) is 6.83. The molecule has 126 valence electrons. The Morgan fingerprint density at radius 1 is 0.783 bits per heavy atom.